The molecule has 0 aliphatic heterocycles. The van der Waals surface area contributed by atoms with Gasteiger partial charge in [0.05, 0.1) is 18.1 Å². The molecular formula is C12H22O9S2. The van der Waals surface area contributed by atoms with Crippen LogP contribution in [0.15, 0.2) is 0 Å². The second-order valence-electron chi connectivity index (χ2n) is 4.62. The monoisotopic (exact) mass is 374 g/mol. The number of ether oxygens (including phenoxy) is 1. The minimum atomic E-state index is -3.86. The number of Topliss-reactive ketones (excluding diaryl/α,β-unsaturated/α-hetero) is 1. The van der Waals surface area contributed by atoms with E-state index < -0.39 is 45.2 Å². The lowest BCUT2D eigenvalue weighted by molar-refractivity contribution is -0.145. The van der Waals surface area contributed by atoms with Gasteiger partial charge in [-0.1, -0.05) is 6.42 Å². The van der Waals surface area contributed by atoms with Crippen LogP contribution in [0.5, 0.6) is 0 Å². The first-order chi connectivity index (χ1) is 10.6. The molecule has 0 spiro atoms. The number of rotatable bonds is 13. The highest BCUT2D eigenvalue weighted by Crippen LogP contribution is 2.05. The lowest BCUT2D eigenvalue weighted by atomic mass is 10.3. The lowest BCUT2D eigenvalue weighted by Crippen LogP contribution is -2.19. The van der Waals surface area contributed by atoms with Gasteiger partial charge >= 0.3 is 5.97 Å². The van der Waals surface area contributed by atoms with Crippen LogP contribution in [0.4, 0.5) is 0 Å². The van der Waals surface area contributed by atoms with E-state index >= 15 is 0 Å². The van der Waals surface area contributed by atoms with E-state index in [2.05, 4.69) is 13.1 Å². The van der Waals surface area contributed by atoms with E-state index in [0.29, 0.717) is 6.42 Å². The maximum atomic E-state index is 11.5. The molecule has 0 saturated carbocycles. The summed E-state index contributed by atoms with van der Waals surface area (Å²) in [6.45, 7) is 1.74. The first kappa shape index (κ1) is 22.0. The second kappa shape index (κ2) is 10.7. The summed E-state index contributed by atoms with van der Waals surface area (Å²) < 4.78 is 59.1. The molecule has 9 nitrogen and oxygen atoms in total. The Morgan fingerprint density at radius 1 is 0.826 bits per heavy atom. The van der Waals surface area contributed by atoms with Crippen molar-refractivity contribution in [1.82, 2.24) is 0 Å². The van der Waals surface area contributed by atoms with Gasteiger partial charge in [0, 0.05) is 0 Å². The molecule has 0 amide bonds. The van der Waals surface area contributed by atoms with Crippen LogP contribution in [-0.4, -0.2) is 59.9 Å². The first-order valence-corrected chi connectivity index (χ1v) is 10.1. The number of carbonyl (C=O) groups is 2. The second-order valence-corrected chi connectivity index (χ2v) is 8.13. The van der Waals surface area contributed by atoms with Gasteiger partial charge in [0.1, 0.15) is 6.61 Å². The predicted octanol–water partition coefficient (Wildman–Crippen LogP) is 0.00160. The Hall–Kier alpha value is -1.04. The van der Waals surface area contributed by atoms with Gasteiger partial charge in [-0.2, -0.15) is 16.8 Å². The van der Waals surface area contributed by atoms with E-state index in [0.717, 1.165) is 0 Å². The lowest BCUT2D eigenvalue weighted by Gasteiger charge is -2.06. The zero-order valence-electron chi connectivity index (χ0n) is 13.1. The summed E-state index contributed by atoms with van der Waals surface area (Å²) in [6.07, 6.45) is 0.672. The molecule has 0 fully saturated rings. The van der Waals surface area contributed by atoms with Crippen LogP contribution < -0.4 is 0 Å². The molecule has 11 heteroatoms. The average molecular weight is 374 g/mol. The number of hydrogen-bond acceptors (Lipinski definition) is 9. The van der Waals surface area contributed by atoms with Crippen molar-refractivity contribution in [2.75, 3.05) is 31.3 Å². The molecule has 136 valence electrons. The Bertz CT molecular complexity index is 578. The van der Waals surface area contributed by atoms with Crippen LogP contribution in [0.2, 0.25) is 0 Å². The summed E-state index contributed by atoms with van der Waals surface area (Å²) in [5.74, 6) is -1.81. The van der Waals surface area contributed by atoms with Gasteiger partial charge in [-0.15, -0.1) is 0 Å². The van der Waals surface area contributed by atoms with E-state index in [-0.39, 0.29) is 31.0 Å². The summed E-state index contributed by atoms with van der Waals surface area (Å²) in [5, 5.41) is 0. The number of unbranched alkanes of at least 4 members (excludes halogenated alkanes) is 2. The van der Waals surface area contributed by atoms with E-state index in [4.69, 9.17) is 0 Å². The van der Waals surface area contributed by atoms with E-state index in [9.17, 15) is 26.4 Å². The van der Waals surface area contributed by atoms with Crippen LogP contribution in [-0.2, 0) is 42.9 Å². The Labute approximate surface area is 136 Å². The molecule has 0 aromatic rings. The molecule has 0 bridgehead atoms. The van der Waals surface area contributed by atoms with Crippen LogP contribution in [0.3, 0.4) is 0 Å². The van der Waals surface area contributed by atoms with Crippen molar-refractivity contribution in [3.05, 3.63) is 0 Å². The Kier molecular flexibility index (Phi) is 10.2. The third-order valence-corrected chi connectivity index (χ3v) is 4.92. The summed E-state index contributed by atoms with van der Waals surface area (Å²) in [4.78, 5) is 21.6. The standard InChI is InChI=1S/C12H22O9S2/c1-3-19-12(14)10-21-23(17,18)8-6-4-5-7-22(15,16)20-9-11(2)13/h3-10H2,1-2H3. The molecule has 0 atom stereocenters. The zero-order chi connectivity index (χ0) is 17.9. The molecule has 0 N–H and O–H groups in total. The maximum Gasteiger partial charge on any atom is 0.333 e. The third kappa shape index (κ3) is 13.1. The van der Waals surface area contributed by atoms with Gasteiger partial charge in [0.2, 0.25) is 0 Å². The van der Waals surface area contributed by atoms with Gasteiger partial charge < -0.3 is 4.74 Å². The Morgan fingerprint density at radius 3 is 1.74 bits per heavy atom. The fraction of sp³-hybridized carbons (Fsp3) is 0.833. The number of ketones is 1. The van der Waals surface area contributed by atoms with Crippen molar-refractivity contribution < 1.29 is 39.5 Å². The smallest absolute Gasteiger partial charge is 0.333 e. The maximum absolute atomic E-state index is 11.5. The van der Waals surface area contributed by atoms with Gasteiger partial charge in [-0.3, -0.25) is 13.2 Å². The van der Waals surface area contributed by atoms with Crippen LogP contribution in [0, 0.1) is 0 Å². The fourth-order valence-electron chi connectivity index (χ4n) is 1.37. The highest BCUT2D eigenvalue weighted by atomic mass is 32.2. The van der Waals surface area contributed by atoms with E-state index in [1.165, 1.54) is 6.92 Å². The Morgan fingerprint density at radius 2 is 1.30 bits per heavy atom. The fourth-order valence-corrected chi connectivity index (χ4v) is 3.34. The Balaban J connectivity index is 3.93. The first-order valence-electron chi connectivity index (χ1n) is 6.97. The molecule has 0 rings (SSSR count). The van der Waals surface area contributed by atoms with Crippen molar-refractivity contribution in [2.24, 2.45) is 0 Å². The molecule has 23 heavy (non-hydrogen) atoms. The van der Waals surface area contributed by atoms with E-state index in [1.807, 2.05) is 0 Å². The zero-order valence-corrected chi connectivity index (χ0v) is 14.8. The van der Waals surface area contributed by atoms with Crippen molar-refractivity contribution in [2.45, 2.75) is 33.1 Å². The summed E-state index contributed by atoms with van der Waals surface area (Å²) >= 11 is 0. The summed E-state index contributed by atoms with van der Waals surface area (Å²) in [7, 11) is -7.64. The van der Waals surface area contributed by atoms with Crippen LogP contribution >= 0.6 is 0 Å². The van der Waals surface area contributed by atoms with Crippen LogP contribution in [0.1, 0.15) is 33.1 Å². The number of hydrogen-bond donors (Lipinski definition) is 0. The quantitative estimate of drug-likeness (QED) is 0.248. The number of esters is 1. The van der Waals surface area contributed by atoms with E-state index in [1.54, 1.807) is 6.92 Å². The molecule has 0 unspecified atom stereocenters. The SMILES string of the molecule is CCOC(=O)COS(=O)(=O)CCCCCS(=O)(=O)OCC(C)=O. The van der Waals surface area contributed by atoms with Gasteiger partial charge in [0.15, 0.2) is 12.4 Å². The minimum Gasteiger partial charge on any atom is -0.464 e. The summed E-state index contributed by atoms with van der Waals surface area (Å²) in [6, 6.07) is 0. The van der Waals surface area contributed by atoms with Gasteiger partial charge in [0.25, 0.3) is 20.2 Å². The average Bonchev–Trinajstić information content (AvgIpc) is 2.43. The van der Waals surface area contributed by atoms with Gasteiger partial charge in [-0.05, 0) is 26.7 Å². The molecule has 0 radical (unpaired) electrons. The topological polar surface area (TPSA) is 130 Å². The van der Waals surface area contributed by atoms with Gasteiger partial charge in [-0.25, -0.2) is 4.79 Å². The number of carbonyl (C=O) groups excluding carboxylic acids is 2. The molecule has 0 saturated heterocycles. The molecular weight excluding hydrogens is 352 g/mol. The largest absolute Gasteiger partial charge is 0.464 e. The highest BCUT2D eigenvalue weighted by Gasteiger charge is 2.15. The predicted molar refractivity (Wildman–Crippen MR) is 80.6 cm³/mol. The normalized spacial score (nSPS) is 12.1. The molecule has 0 aliphatic carbocycles. The molecule has 0 aromatic heterocycles. The minimum absolute atomic E-state index is 0.127. The summed E-state index contributed by atoms with van der Waals surface area (Å²) in [5.41, 5.74) is 0. The van der Waals surface area contributed by atoms with Crippen molar-refractivity contribution in [1.29, 1.82) is 0 Å². The molecule has 0 heterocycles. The third-order valence-electron chi connectivity index (χ3n) is 2.39. The highest BCUT2D eigenvalue weighted by molar-refractivity contribution is 7.87. The van der Waals surface area contributed by atoms with Crippen molar-refractivity contribution in [3.63, 3.8) is 0 Å². The van der Waals surface area contributed by atoms with Crippen molar-refractivity contribution in [3.8, 4) is 0 Å². The molecule has 0 aliphatic rings. The van der Waals surface area contributed by atoms with Crippen LogP contribution in [0.25, 0.3) is 0 Å². The van der Waals surface area contributed by atoms with Crippen molar-refractivity contribution >= 4 is 32.0 Å². The molecule has 0 aromatic carbocycles.